The van der Waals surface area contributed by atoms with E-state index < -0.39 is 0 Å². The van der Waals surface area contributed by atoms with Crippen molar-refractivity contribution in [2.45, 2.75) is 40.0 Å². The van der Waals surface area contributed by atoms with Gasteiger partial charge in [-0.05, 0) is 26.0 Å². The van der Waals surface area contributed by atoms with Gasteiger partial charge < -0.3 is 4.90 Å². The van der Waals surface area contributed by atoms with E-state index in [1.807, 2.05) is 27.7 Å². The second kappa shape index (κ2) is 6.91. The van der Waals surface area contributed by atoms with Crippen LogP contribution < -0.4 is 0 Å². The van der Waals surface area contributed by atoms with Gasteiger partial charge in [-0.1, -0.05) is 32.4 Å². The van der Waals surface area contributed by atoms with Gasteiger partial charge in [0.25, 0.3) is 5.91 Å². The Kier molecular flexibility index (Phi) is 5.74. The van der Waals surface area contributed by atoms with Crippen molar-refractivity contribution in [2.75, 3.05) is 13.1 Å². The molecule has 0 saturated carbocycles. The summed E-state index contributed by atoms with van der Waals surface area (Å²) in [4.78, 5) is 18.5. The van der Waals surface area contributed by atoms with Crippen LogP contribution in [0.4, 0.5) is 0 Å². The lowest BCUT2D eigenvalue weighted by atomic mass is 9.90. The second-order valence-corrected chi connectivity index (χ2v) is 6.57. The number of nitrogens with zero attached hydrogens (tertiary/aromatic N) is 3. The molecule has 0 saturated heterocycles. The summed E-state index contributed by atoms with van der Waals surface area (Å²) in [5.41, 5.74) is 1.12. The highest BCUT2D eigenvalue weighted by Gasteiger charge is 2.22. The minimum Gasteiger partial charge on any atom is -0.338 e. The average Bonchev–Trinajstić information content (AvgIpc) is 2.42. The molecule has 1 aromatic rings. The highest BCUT2D eigenvalue weighted by molar-refractivity contribution is 6.29. The Hall–Kier alpha value is -1.60. The van der Waals surface area contributed by atoms with Crippen molar-refractivity contribution < 1.29 is 4.79 Å². The monoisotopic (exact) mass is 307 g/mol. The predicted molar refractivity (Wildman–Crippen MR) is 84.3 cm³/mol. The van der Waals surface area contributed by atoms with Gasteiger partial charge in [-0.3, -0.25) is 4.79 Å². The van der Waals surface area contributed by atoms with Crippen molar-refractivity contribution in [2.24, 2.45) is 5.92 Å². The molecular weight excluding hydrogens is 286 g/mol. The van der Waals surface area contributed by atoms with E-state index in [0.717, 1.165) is 5.69 Å². The van der Waals surface area contributed by atoms with Crippen LogP contribution in [-0.4, -0.2) is 28.9 Å². The van der Waals surface area contributed by atoms with Gasteiger partial charge in [0.15, 0.2) is 0 Å². The topological polar surface area (TPSA) is 57.0 Å². The highest BCUT2D eigenvalue weighted by atomic mass is 35.5. The number of aromatic nitrogens is 1. The Morgan fingerprint density at radius 1 is 1.48 bits per heavy atom. The number of nitriles is 1. The third-order valence-electron chi connectivity index (χ3n) is 3.19. The molecule has 0 N–H and O–H groups in total. The first-order valence-electron chi connectivity index (χ1n) is 7.06. The van der Waals surface area contributed by atoms with Crippen LogP contribution in [0.3, 0.4) is 0 Å². The van der Waals surface area contributed by atoms with Crippen LogP contribution in [0.1, 0.15) is 50.7 Å². The molecule has 0 aromatic carbocycles. The Balaban J connectivity index is 3.12. The Bertz CT molecular complexity index is 558. The van der Waals surface area contributed by atoms with E-state index in [9.17, 15) is 4.79 Å². The summed E-state index contributed by atoms with van der Waals surface area (Å²) < 4.78 is 0. The lowest BCUT2D eigenvalue weighted by molar-refractivity contribution is 0.0752. The van der Waals surface area contributed by atoms with Crippen LogP contribution in [0.2, 0.25) is 5.15 Å². The van der Waals surface area contributed by atoms with E-state index in [1.54, 1.807) is 24.0 Å². The third kappa shape index (κ3) is 4.71. The first kappa shape index (κ1) is 17.5. The second-order valence-electron chi connectivity index (χ2n) is 6.19. The summed E-state index contributed by atoms with van der Waals surface area (Å²) in [6, 6.07) is 5.52. The molecule has 1 rings (SSSR count). The summed E-state index contributed by atoms with van der Waals surface area (Å²) in [6.45, 7) is 10.7. The van der Waals surface area contributed by atoms with Crippen molar-refractivity contribution in [1.29, 1.82) is 5.26 Å². The fourth-order valence-electron chi connectivity index (χ4n) is 1.91. The molecule has 21 heavy (non-hydrogen) atoms. The summed E-state index contributed by atoms with van der Waals surface area (Å²) in [5.74, 6) is -0.317. The van der Waals surface area contributed by atoms with Gasteiger partial charge in [-0.15, -0.1) is 0 Å². The molecule has 1 amide bonds. The first-order valence-corrected chi connectivity index (χ1v) is 7.43. The number of amides is 1. The van der Waals surface area contributed by atoms with Gasteiger partial charge in [0.1, 0.15) is 5.15 Å². The van der Waals surface area contributed by atoms with Gasteiger partial charge in [0.2, 0.25) is 0 Å². The largest absolute Gasteiger partial charge is 0.338 e. The first-order chi connectivity index (χ1) is 9.68. The molecule has 1 unspecified atom stereocenters. The number of pyridine rings is 1. The molecule has 0 fully saturated rings. The van der Waals surface area contributed by atoms with Crippen LogP contribution in [0.25, 0.3) is 0 Å². The zero-order chi connectivity index (χ0) is 16.2. The van der Waals surface area contributed by atoms with Crippen molar-refractivity contribution in [1.82, 2.24) is 9.88 Å². The summed E-state index contributed by atoms with van der Waals surface area (Å²) in [6.07, 6.45) is 0. The van der Waals surface area contributed by atoms with Gasteiger partial charge >= 0.3 is 0 Å². The average molecular weight is 308 g/mol. The normalized spacial score (nSPS) is 12.6. The van der Waals surface area contributed by atoms with E-state index in [1.165, 1.54) is 0 Å². The maximum Gasteiger partial charge on any atom is 0.254 e. The standard InChI is InChI=1S/C16H22ClN3O/c1-6-20(10-11(2)9-18)15(21)12-7-13(16(3,4)5)19-14(17)8-12/h7-8,11H,6,10H2,1-5H3. The minimum atomic E-state index is -0.201. The fraction of sp³-hybridized carbons (Fsp3) is 0.562. The summed E-state index contributed by atoms with van der Waals surface area (Å²) in [5, 5.41) is 9.22. The number of carbonyl (C=O) groups is 1. The van der Waals surface area contributed by atoms with E-state index in [-0.39, 0.29) is 17.2 Å². The van der Waals surface area contributed by atoms with Crippen LogP contribution in [0, 0.1) is 17.2 Å². The summed E-state index contributed by atoms with van der Waals surface area (Å²) >= 11 is 6.05. The molecular formula is C16H22ClN3O. The van der Waals surface area contributed by atoms with Gasteiger partial charge in [0, 0.05) is 29.8 Å². The minimum absolute atomic E-state index is 0.116. The molecule has 0 aliphatic carbocycles. The smallest absolute Gasteiger partial charge is 0.254 e. The van der Waals surface area contributed by atoms with Crippen LogP contribution >= 0.6 is 11.6 Å². The molecule has 0 aliphatic rings. The molecule has 1 heterocycles. The molecule has 0 aliphatic heterocycles. The molecule has 1 atom stereocenters. The molecule has 0 spiro atoms. The van der Waals surface area contributed by atoms with Gasteiger partial charge in [-0.2, -0.15) is 5.26 Å². The Morgan fingerprint density at radius 3 is 2.57 bits per heavy atom. The number of hydrogen-bond acceptors (Lipinski definition) is 3. The highest BCUT2D eigenvalue weighted by Crippen LogP contribution is 2.24. The SMILES string of the molecule is CCN(CC(C)C#N)C(=O)c1cc(Cl)nc(C(C)(C)C)c1. The molecule has 114 valence electrons. The van der Waals surface area contributed by atoms with Crippen molar-refractivity contribution in [3.63, 3.8) is 0 Å². The third-order valence-corrected chi connectivity index (χ3v) is 3.39. The van der Waals surface area contributed by atoms with Crippen molar-refractivity contribution in [3.8, 4) is 6.07 Å². The number of halogens is 1. The van der Waals surface area contributed by atoms with E-state index in [2.05, 4.69) is 11.1 Å². The van der Waals surface area contributed by atoms with Crippen molar-refractivity contribution >= 4 is 17.5 Å². The molecule has 0 radical (unpaired) electrons. The van der Waals surface area contributed by atoms with Crippen LogP contribution in [0.15, 0.2) is 12.1 Å². The Morgan fingerprint density at radius 2 is 2.10 bits per heavy atom. The predicted octanol–water partition coefficient (Wildman–Crippen LogP) is 3.65. The molecule has 5 heteroatoms. The van der Waals surface area contributed by atoms with E-state index >= 15 is 0 Å². The van der Waals surface area contributed by atoms with Crippen LogP contribution in [-0.2, 0) is 5.41 Å². The van der Waals surface area contributed by atoms with Gasteiger partial charge in [0.05, 0.1) is 12.0 Å². The fourth-order valence-corrected chi connectivity index (χ4v) is 2.12. The zero-order valence-electron chi connectivity index (χ0n) is 13.3. The van der Waals surface area contributed by atoms with Crippen LogP contribution in [0.5, 0.6) is 0 Å². The van der Waals surface area contributed by atoms with E-state index in [4.69, 9.17) is 16.9 Å². The lowest BCUT2D eigenvalue weighted by Crippen LogP contribution is -2.34. The number of carbonyl (C=O) groups excluding carboxylic acids is 1. The van der Waals surface area contributed by atoms with Crippen molar-refractivity contribution in [3.05, 3.63) is 28.5 Å². The Labute approximate surface area is 131 Å². The lowest BCUT2D eigenvalue weighted by Gasteiger charge is -2.24. The molecule has 1 aromatic heterocycles. The van der Waals surface area contributed by atoms with E-state index in [0.29, 0.717) is 23.8 Å². The van der Waals surface area contributed by atoms with Gasteiger partial charge in [-0.25, -0.2) is 4.98 Å². The number of hydrogen-bond donors (Lipinski definition) is 0. The maximum absolute atomic E-state index is 12.6. The molecule has 0 bridgehead atoms. The summed E-state index contributed by atoms with van der Waals surface area (Å²) in [7, 11) is 0. The number of rotatable bonds is 4. The zero-order valence-corrected chi connectivity index (χ0v) is 14.0. The maximum atomic E-state index is 12.6. The molecule has 4 nitrogen and oxygen atoms in total. The quantitative estimate of drug-likeness (QED) is 0.798.